The molecular formula is C14H15F4NO3. The third-order valence-corrected chi connectivity index (χ3v) is 3.49. The molecule has 2 N–H and O–H groups in total. The number of aliphatic hydroxyl groups is 1. The second-order valence-corrected chi connectivity index (χ2v) is 5.25. The summed E-state index contributed by atoms with van der Waals surface area (Å²) in [6.07, 6.45) is -4.12. The van der Waals surface area contributed by atoms with Crippen molar-refractivity contribution in [2.24, 2.45) is 0 Å². The van der Waals surface area contributed by atoms with Gasteiger partial charge in [0.1, 0.15) is 5.82 Å². The summed E-state index contributed by atoms with van der Waals surface area (Å²) < 4.78 is 56.1. The van der Waals surface area contributed by atoms with Crippen LogP contribution in [-0.4, -0.2) is 36.4 Å². The van der Waals surface area contributed by atoms with Crippen LogP contribution < -0.4 is 5.32 Å². The summed E-state index contributed by atoms with van der Waals surface area (Å²) >= 11 is 0. The molecule has 0 aliphatic carbocycles. The Kier molecular flexibility index (Phi) is 4.72. The minimum absolute atomic E-state index is 0.132. The molecule has 8 heteroatoms. The Labute approximate surface area is 124 Å². The molecule has 0 atom stereocenters. The molecule has 1 saturated heterocycles. The molecule has 0 radical (unpaired) electrons. The van der Waals surface area contributed by atoms with Gasteiger partial charge in [0, 0.05) is 38.2 Å². The van der Waals surface area contributed by atoms with Crippen LogP contribution >= 0.6 is 0 Å². The lowest BCUT2D eigenvalue weighted by Crippen LogP contribution is -2.46. The number of benzene rings is 1. The molecule has 0 bridgehead atoms. The van der Waals surface area contributed by atoms with Crippen molar-refractivity contribution in [3.8, 4) is 0 Å². The number of hydrogen-bond acceptors (Lipinski definition) is 3. The van der Waals surface area contributed by atoms with E-state index in [2.05, 4.69) is 5.32 Å². The number of carbonyl (C=O) groups excluding carboxylic acids is 1. The third kappa shape index (κ3) is 4.17. The van der Waals surface area contributed by atoms with Gasteiger partial charge in [-0.05, 0) is 18.2 Å². The topological polar surface area (TPSA) is 58.6 Å². The lowest BCUT2D eigenvalue weighted by atomic mass is 9.94. The molecule has 4 nitrogen and oxygen atoms in total. The molecule has 1 heterocycles. The van der Waals surface area contributed by atoms with E-state index in [0.29, 0.717) is 38.2 Å². The van der Waals surface area contributed by atoms with Gasteiger partial charge in [0.15, 0.2) is 0 Å². The maximum absolute atomic E-state index is 13.2. The number of hydrogen-bond donors (Lipinski definition) is 2. The Balaban J connectivity index is 2.08. The van der Waals surface area contributed by atoms with Crippen LogP contribution in [0.2, 0.25) is 0 Å². The van der Waals surface area contributed by atoms with Crippen molar-refractivity contribution in [3.63, 3.8) is 0 Å². The summed E-state index contributed by atoms with van der Waals surface area (Å²) in [5.41, 5.74) is -2.83. The van der Waals surface area contributed by atoms with E-state index in [1.165, 1.54) is 0 Å². The lowest BCUT2D eigenvalue weighted by molar-refractivity contribution is -0.137. The summed E-state index contributed by atoms with van der Waals surface area (Å²) in [5, 5.41) is 12.5. The molecule has 1 aromatic carbocycles. The van der Waals surface area contributed by atoms with Gasteiger partial charge >= 0.3 is 6.18 Å². The van der Waals surface area contributed by atoms with E-state index < -0.39 is 34.6 Å². The summed E-state index contributed by atoms with van der Waals surface area (Å²) in [7, 11) is 0. The van der Waals surface area contributed by atoms with E-state index in [9.17, 15) is 27.5 Å². The fourth-order valence-electron chi connectivity index (χ4n) is 2.16. The average Bonchev–Trinajstić information content (AvgIpc) is 2.44. The van der Waals surface area contributed by atoms with Crippen LogP contribution in [0, 0.1) is 5.82 Å². The van der Waals surface area contributed by atoms with Gasteiger partial charge in [-0.3, -0.25) is 4.79 Å². The molecule has 0 saturated carbocycles. The minimum atomic E-state index is -4.74. The number of halogens is 4. The third-order valence-electron chi connectivity index (χ3n) is 3.49. The van der Waals surface area contributed by atoms with Crippen molar-refractivity contribution < 1.29 is 32.2 Å². The first kappa shape index (κ1) is 16.7. The second-order valence-electron chi connectivity index (χ2n) is 5.25. The number of nitrogens with one attached hydrogen (secondary N) is 1. The number of ether oxygens (including phenoxy) is 1. The highest BCUT2D eigenvalue weighted by Crippen LogP contribution is 2.30. The van der Waals surface area contributed by atoms with E-state index in [4.69, 9.17) is 4.74 Å². The summed E-state index contributed by atoms with van der Waals surface area (Å²) in [4.78, 5) is 11.9. The van der Waals surface area contributed by atoms with Crippen LogP contribution in [0.25, 0.3) is 0 Å². The predicted molar refractivity (Wildman–Crippen MR) is 68.7 cm³/mol. The van der Waals surface area contributed by atoms with Crippen LogP contribution in [0.4, 0.5) is 17.6 Å². The Bertz CT molecular complexity index is 554. The lowest BCUT2D eigenvalue weighted by Gasteiger charge is -2.32. The number of alkyl halides is 3. The molecule has 1 aromatic rings. The first-order chi connectivity index (χ1) is 10.2. The number of rotatable bonds is 3. The van der Waals surface area contributed by atoms with Crippen LogP contribution in [0.3, 0.4) is 0 Å². The molecule has 2 rings (SSSR count). The van der Waals surface area contributed by atoms with Gasteiger partial charge in [0.05, 0.1) is 11.2 Å². The zero-order valence-electron chi connectivity index (χ0n) is 11.5. The molecule has 122 valence electrons. The summed E-state index contributed by atoms with van der Waals surface area (Å²) in [6.45, 7) is 0.544. The van der Waals surface area contributed by atoms with E-state index in [1.54, 1.807) is 0 Å². The Morgan fingerprint density at radius 3 is 2.50 bits per heavy atom. The molecule has 1 aliphatic rings. The number of carbonyl (C=O) groups is 1. The van der Waals surface area contributed by atoms with Crippen LogP contribution in [0.5, 0.6) is 0 Å². The molecule has 0 unspecified atom stereocenters. The van der Waals surface area contributed by atoms with Crippen molar-refractivity contribution in [2.45, 2.75) is 24.6 Å². The SMILES string of the molecule is O=C(NCC1(O)CCOCC1)c1cc(F)cc(C(F)(F)F)c1. The van der Waals surface area contributed by atoms with Gasteiger partial charge in [0.2, 0.25) is 0 Å². The Hall–Kier alpha value is -1.67. The average molecular weight is 321 g/mol. The summed E-state index contributed by atoms with van der Waals surface area (Å²) in [5.74, 6) is -2.02. The monoisotopic (exact) mass is 321 g/mol. The quantitative estimate of drug-likeness (QED) is 0.839. The van der Waals surface area contributed by atoms with Crippen molar-refractivity contribution in [3.05, 3.63) is 35.1 Å². The first-order valence-corrected chi connectivity index (χ1v) is 6.66. The molecule has 0 aromatic heterocycles. The van der Waals surface area contributed by atoms with Gasteiger partial charge in [-0.25, -0.2) is 4.39 Å². The fraction of sp³-hybridized carbons (Fsp3) is 0.500. The van der Waals surface area contributed by atoms with E-state index in [1.807, 2.05) is 0 Å². The molecule has 0 spiro atoms. The first-order valence-electron chi connectivity index (χ1n) is 6.66. The normalized spacial score (nSPS) is 18.0. The summed E-state index contributed by atoms with van der Waals surface area (Å²) in [6, 6.07) is 1.62. The minimum Gasteiger partial charge on any atom is -0.388 e. The second kappa shape index (κ2) is 6.21. The fourth-order valence-corrected chi connectivity index (χ4v) is 2.16. The zero-order chi connectivity index (χ0) is 16.4. The van der Waals surface area contributed by atoms with Gasteiger partial charge < -0.3 is 15.2 Å². The van der Waals surface area contributed by atoms with E-state index in [0.717, 1.165) is 6.07 Å². The largest absolute Gasteiger partial charge is 0.416 e. The Morgan fingerprint density at radius 2 is 1.91 bits per heavy atom. The van der Waals surface area contributed by atoms with Gasteiger partial charge in [-0.15, -0.1) is 0 Å². The highest BCUT2D eigenvalue weighted by Gasteiger charge is 2.33. The molecular weight excluding hydrogens is 306 g/mol. The van der Waals surface area contributed by atoms with Crippen molar-refractivity contribution in [1.82, 2.24) is 5.32 Å². The van der Waals surface area contributed by atoms with Crippen molar-refractivity contribution in [2.75, 3.05) is 19.8 Å². The van der Waals surface area contributed by atoms with Gasteiger partial charge in [-0.1, -0.05) is 0 Å². The molecule has 1 fully saturated rings. The van der Waals surface area contributed by atoms with Crippen molar-refractivity contribution in [1.29, 1.82) is 0 Å². The molecule has 1 aliphatic heterocycles. The van der Waals surface area contributed by atoms with Crippen LogP contribution in [0.1, 0.15) is 28.8 Å². The smallest absolute Gasteiger partial charge is 0.388 e. The van der Waals surface area contributed by atoms with E-state index in [-0.39, 0.29) is 6.54 Å². The standard InChI is InChI=1S/C14H15F4NO3/c15-11-6-9(5-10(7-11)14(16,17)18)12(20)19-8-13(21)1-3-22-4-2-13/h5-7,21H,1-4,8H2,(H,19,20). The molecule has 1 amide bonds. The van der Waals surface area contributed by atoms with Crippen molar-refractivity contribution >= 4 is 5.91 Å². The van der Waals surface area contributed by atoms with Gasteiger partial charge in [0.25, 0.3) is 5.91 Å². The highest BCUT2D eigenvalue weighted by molar-refractivity contribution is 5.94. The van der Waals surface area contributed by atoms with Crippen LogP contribution in [0.15, 0.2) is 18.2 Å². The highest BCUT2D eigenvalue weighted by atomic mass is 19.4. The maximum atomic E-state index is 13.2. The zero-order valence-corrected chi connectivity index (χ0v) is 11.5. The molecule has 22 heavy (non-hydrogen) atoms. The van der Waals surface area contributed by atoms with Crippen LogP contribution in [-0.2, 0) is 10.9 Å². The predicted octanol–water partition coefficient (Wildman–Crippen LogP) is 2.12. The Morgan fingerprint density at radius 1 is 1.27 bits per heavy atom. The number of amides is 1. The maximum Gasteiger partial charge on any atom is 0.416 e. The van der Waals surface area contributed by atoms with Gasteiger partial charge in [-0.2, -0.15) is 13.2 Å². The van der Waals surface area contributed by atoms with E-state index >= 15 is 0 Å².